The highest BCUT2D eigenvalue weighted by Crippen LogP contribution is 2.32. The first-order valence-corrected chi connectivity index (χ1v) is 7.88. The van der Waals surface area contributed by atoms with Gasteiger partial charge in [-0.1, -0.05) is 12.1 Å². The topological polar surface area (TPSA) is 29.5 Å². The summed E-state index contributed by atoms with van der Waals surface area (Å²) >= 11 is 0. The van der Waals surface area contributed by atoms with Gasteiger partial charge in [-0.25, -0.2) is 8.78 Å². The summed E-state index contributed by atoms with van der Waals surface area (Å²) in [6.07, 6.45) is 3.77. The number of aryl methyl sites for hydroxylation is 1. The van der Waals surface area contributed by atoms with Gasteiger partial charge in [0.2, 0.25) is 5.91 Å². The molecule has 1 unspecified atom stereocenters. The quantitative estimate of drug-likeness (QED) is 0.396. The second kappa shape index (κ2) is 7.68. The van der Waals surface area contributed by atoms with Crippen LogP contribution in [0.2, 0.25) is 0 Å². The van der Waals surface area contributed by atoms with Crippen LogP contribution in [-0.2, 0) is 16.0 Å². The first kappa shape index (κ1) is 17.6. The maximum Gasteiger partial charge on any atom is 0.232 e. The number of carbonyl (C=O) groups excluding carboxylic acids is 1. The molecule has 126 valence electrons. The number of benzene rings is 1. The third-order valence-electron chi connectivity index (χ3n) is 4.14. The van der Waals surface area contributed by atoms with E-state index >= 15 is 0 Å². The van der Waals surface area contributed by atoms with Crippen LogP contribution in [0.1, 0.15) is 25.3 Å². The van der Waals surface area contributed by atoms with E-state index in [1.165, 1.54) is 12.1 Å². The molecule has 3 nitrogen and oxygen atoms in total. The summed E-state index contributed by atoms with van der Waals surface area (Å²) < 4.78 is 31.7. The minimum absolute atomic E-state index is 0.106. The molecular weight excluding hydrogens is 300 g/mol. The number of unbranched alkanes of at least 4 members (excludes halogenated alkanes) is 1. The van der Waals surface area contributed by atoms with Crippen LogP contribution < -0.4 is 0 Å². The SMILES string of the molecule is C=CCOCC1(C)CN(CCCCc2ccc(F)cc2F)C1=O. The third kappa shape index (κ3) is 4.38. The lowest BCUT2D eigenvalue weighted by Crippen LogP contribution is -2.62. The van der Waals surface area contributed by atoms with Crippen LogP contribution in [0.5, 0.6) is 0 Å². The Labute approximate surface area is 135 Å². The molecule has 1 saturated heterocycles. The monoisotopic (exact) mass is 323 g/mol. The fourth-order valence-corrected chi connectivity index (χ4v) is 2.85. The Morgan fingerprint density at radius 3 is 2.83 bits per heavy atom. The van der Waals surface area contributed by atoms with Crippen LogP contribution in [0.15, 0.2) is 30.9 Å². The lowest BCUT2D eigenvalue weighted by atomic mass is 9.81. The van der Waals surface area contributed by atoms with E-state index in [4.69, 9.17) is 4.74 Å². The maximum atomic E-state index is 13.5. The van der Waals surface area contributed by atoms with Gasteiger partial charge < -0.3 is 9.64 Å². The molecule has 1 aromatic carbocycles. The summed E-state index contributed by atoms with van der Waals surface area (Å²) in [5.74, 6) is -0.957. The Balaban J connectivity index is 1.68. The predicted octanol–water partition coefficient (Wildman–Crippen LogP) is 3.34. The number of hydrogen-bond acceptors (Lipinski definition) is 2. The fraction of sp³-hybridized carbons (Fsp3) is 0.500. The van der Waals surface area contributed by atoms with Gasteiger partial charge in [-0.2, -0.15) is 0 Å². The standard InChI is InChI=1S/C18H23F2NO2/c1-3-10-23-13-18(2)12-21(17(18)22)9-5-4-6-14-7-8-15(19)11-16(14)20/h3,7-8,11H,1,4-6,9-10,12-13H2,2H3. The van der Waals surface area contributed by atoms with Crippen LogP contribution in [0.25, 0.3) is 0 Å². The van der Waals surface area contributed by atoms with Gasteiger partial charge in [-0.3, -0.25) is 4.79 Å². The summed E-state index contributed by atoms with van der Waals surface area (Å²) in [7, 11) is 0. The molecule has 0 saturated carbocycles. The smallest absolute Gasteiger partial charge is 0.232 e. The van der Waals surface area contributed by atoms with E-state index in [1.54, 1.807) is 11.0 Å². The maximum absolute atomic E-state index is 13.5. The summed E-state index contributed by atoms with van der Waals surface area (Å²) in [6.45, 7) is 7.70. The molecule has 23 heavy (non-hydrogen) atoms. The van der Waals surface area contributed by atoms with Gasteiger partial charge >= 0.3 is 0 Å². The number of halogens is 2. The van der Waals surface area contributed by atoms with Crippen molar-refractivity contribution >= 4 is 5.91 Å². The van der Waals surface area contributed by atoms with Crippen LogP contribution in [-0.4, -0.2) is 37.1 Å². The number of carbonyl (C=O) groups is 1. The Kier molecular flexibility index (Phi) is 5.88. The van der Waals surface area contributed by atoms with Crippen molar-refractivity contribution in [3.05, 3.63) is 48.1 Å². The molecule has 1 fully saturated rings. The zero-order valence-corrected chi connectivity index (χ0v) is 13.5. The second-order valence-electron chi connectivity index (χ2n) is 6.28. The normalized spacial score (nSPS) is 20.5. The summed E-state index contributed by atoms with van der Waals surface area (Å²) in [5, 5.41) is 0. The van der Waals surface area contributed by atoms with Crippen LogP contribution in [0, 0.1) is 17.0 Å². The Morgan fingerprint density at radius 2 is 2.17 bits per heavy atom. The number of hydrogen-bond donors (Lipinski definition) is 0. The van der Waals surface area contributed by atoms with Crippen molar-refractivity contribution < 1.29 is 18.3 Å². The van der Waals surface area contributed by atoms with E-state index in [-0.39, 0.29) is 5.91 Å². The van der Waals surface area contributed by atoms with Crippen LogP contribution in [0.4, 0.5) is 8.78 Å². The molecular formula is C18H23F2NO2. The van der Waals surface area contributed by atoms with Crippen molar-refractivity contribution in [2.75, 3.05) is 26.3 Å². The molecule has 0 spiro atoms. The van der Waals surface area contributed by atoms with Gasteiger partial charge in [0.15, 0.2) is 0 Å². The number of β-lactam (4-membered cyclic amide) rings is 1. The number of likely N-dealkylation sites (tertiary alicyclic amines) is 1. The average Bonchev–Trinajstić information content (AvgIpc) is 2.52. The lowest BCUT2D eigenvalue weighted by molar-refractivity contribution is -0.164. The summed E-state index contributed by atoms with van der Waals surface area (Å²) in [5.41, 5.74) is 0.0931. The summed E-state index contributed by atoms with van der Waals surface area (Å²) in [6, 6.07) is 3.66. The minimum atomic E-state index is -0.560. The minimum Gasteiger partial charge on any atom is -0.376 e. The highest BCUT2D eigenvalue weighted by atomic mass is 19.1. The van der Waals surface area contributed by atoms with Gasteiger partial charge in [0.1, 0.15) is 11.6 Å². The van der Waals surface area contributed by atoms with E-state index < -0.39 is 17.0 Å². The van der Waals surface area contributed by atoms with Gasteiger partial charge in [-0.15, -0.1) is 6.58 Å². The zero-order valence-electron chi connectivity index (χ0n) is 13.5. The first-order valence-electron chi connectivity index (χ1n) is 7.88. The van der Waals surface area contributed by atoms with Crippen molar-refractivity contribution in [1.29, 1.82) is 0 Å². The van der Waals surface area contributed by atoms with Crippen molar-refractivity contribution in [2.24, 2.45) is 5.41 Å². The molecule has 1 atom stereocenters. The van der Waals surface area contributed by atoms with Crippen molar-refractivity contribution in [1.82, 2.24) is 4.90 Å². The van der Waals surface area contributed by atoms with Gasteiger partial charge in [0.05, 0.1) is 18.6 Å². The number of rotatable bonds is 9. The fourth-order valence-electron chi connectivity index (χ4n) is 2.85. The van der Waals surface area contributed by atoms with Crippen molar-refractivity contribution in [3.63, 3.8) is 0 Å². The van der Waals surface area contributed by atoms with Gasteiger partial charge in [0.25, 0.3) is 0 Å². The molecule has 1 aliphatic rings. The van der Waals surface area contributed by atoms with E-state index in [1.807, 2.05) is 6.92 Å². The van der Waals surface area contributed by atoms with Crippen molar-refractivity contribution in [3.8, 4) is 0 Å². The Morgan fingerprint density at radius 1 is 1.39 bits per heavy atom. The molecule has 0 aromatic heterocycles. The van der Waals surface area contributed by atoms with Crippen molar-refractivity contribution in [2.45, 2.75) is 26.2 Å². The van der Waals surface area contributed by atoms with Crippen LogP contribution >= 0.6 is 0 Å². The molecule has 1 aromatic rings. The van der Waals surface area contributed by atoms with E-state index in [2.05, 4.69) is 6.58 Å². The molecule has 2 rings (SSSR count). The third-order valence-corrected chi connectivity index (χ3v) is 4.14. The largest absolute Gasteiger partial charge is 0.376 e. The Bertz CT molecular complexity index is 576. The van der Waals surface area contributed by atoms with E-state index in [0.29, 0.717) is 38.3 Å². The predicted molar refractivity (Wildman–Crippen MR) is 85.0 cm³/mol. The molecule has 0 radical (unpaired) electrons. The van der Waals surface area contributed by atoms with E-state index in [0.717, 1.165) is 18.9 Å². The molecule has 0 N–H and O–H groups in total. The van der Waals surface area contributed by atoms with E-state index in [9.17, 15) is 13.6 Å². The average molecular weight is 323 g/mol. The van der Waals surface area contributed by atoms with Gasteiger partial charge in [-0.05, 0) is 37.8 Å². The molecule has 0 aliphatic carbocycles. The summed E-state index contributed by atoms with van der Waals surface area (Å²) in [4.78, 5) is 14.0. The zero-order chi connectivity index (χ0) is 16.9. The molecule has 0 bridgehead atoms. The number of amides is 1. The molecule has 1 aliphatic heterocycles. The first-order chi connectivity index (χ1) is 11.0. The highest BCUT2D eigenvalue weighted by molar-refractivity contribution is 5.88. The Hall–Kier alpha value is -1.75. The number of nitrogens with zero attached hydrogens (tertiary/aromatic N) is 1. The second-order valence-corrected chi connectivity index (χ2v) is 6.28. The number of ether oxygens (including phenoxy) is 1. The molecule has 5 heteroatoms. The van der Waals surface area contributed by atoms with Crippen LogP contribution in [0.3, 0.4) is 0 Å². The molecule has 1 amide bonds. The van der Waals surface area contributed by atoms with Gasteiger partial charge in [0, 0.05) is 19.2 Å². The molecule has 1 heterocycles. The lowest BCUT2D eigenvalue weighted by Gasteiger charge is -2.46. The highest BCUT2D eigenvalue weighted by Gasteiger charge is 2.47.